The molecular weight excluding hydrogens is 473 g/mol. The highest BCUT2D eigenvalue weighted by Gasteiger charge is 2.27. The first-order valence-corrected chi connectivity index (χ1v) is 11.4. The molecule has 0 aliphatic rings. The van der Waals surface area contributed by atoms with Gasteiger partial charge in [0.25, 0.3) is 0 Å². The van der Waals surface area contributed by atoms with Crippen LogP contribution in [-0.4, -0.2) is 49.8 Å². The van der Waals surface area contributed by atoms with Crippen LogP contribution in [0.3, 0.4) is 0 Å². The highest BCUT2D eigenvalue weighted by atomic mass is 32.2. The van der Waals surface area contributed by atoms with Gasteiger partial charge in [-0.1, -0.05) is 18.1 Å². The summed E-state index contributed by atoms with van der Waals surface area (Å²) in [6.07, 6.45) is -4.47. The van der Waals surface area contributed by atoms with Gasteiger partial charge in [-0.3, -0.25) is 0 Å². The van der Waals surface area contributed by atoms with Crippen molar-refractivity contribution in [2.75, 3.05) is 30.9 Å². The fraction of sp³-hybridized carbons (Fsp3) is 0.286. The number of sulfonamides is 1. The van der Waals surface area contributed by atoms with Crippen molar-refractivity contribution in [1.29, 1.82) is 0 Å². The third-order valence-electron chi connectivity index (χ3n) is 4.49. The molecule has 1 aromatic carbocycles. The van der Waals surface area contributed by atoms with Crippen molar-refractivity contribution in [2.45, 2.75) is 24.0 Å². The lowest BCUT2D eigenvalue weighted by Crippen LogP contribution is -2.22. The van der Waals surface area contributed by atoms with E-state index in [-0.39, 0.29) is 28.8 Å². The van der Waals surface area contributed by atoms with Crippen molar-refractivity contribution in [3.63, 3.8) is 0 Å². The molecule has 4 N–H and O–H groups in total. The number of anilines is 2. The molecule has 0 amide bonds. The maximum atomic E-state index is 12.8. The zero-order valence-corrected chi connectivity index (χ0v) is 19.0. The molecule has 1 unspecified atom stereocenters. The van der Waals surface area contributed by atoms with Gasteiger partial charge in [-0.15, -0.1) is 0 Å². The summed E-state index contributed by atoms with van der Waals surface area (Å²) < 4.78 is 66.3. The van der Waals surface area contributed by atoms with Gasteiger partial charge in [0.2, 0.25) is 16.0 Å². The van der Waals surface area contributed by atoms with E-state index in [1.807, 2.05) is 0 Å². The fourth-order valence-corrected chi connectivity index (χ4v) is 3.39. The minimum absolute atomic E-state index is 0.0421. The van der Waals surface area contributed by atoms with Gasteiger partial charge in [-0.2, -0.15) is 18.2 Å². The van der Waals surface area contributed by atoms with E-state index in [0.29, 0.717) is 16.8 Å². The zero-order chi connectivity index (χ0) is 24.9. The van der Waals surface area contributed by atoms with Gasteiger partial charge in [-0.05, 0) is 42.7 Å². The van der Waals surface area contributed by atoms with Gasteiger partial charge in [0.05, 0.1) is 16.5 Å². The highest BCUT2D eigenvalue weighted by molar-refractivity contribution is 7.89. The van der Waals surface area contributed by atoms with E-state index in [0.717, 1.165) is 0 Å². The van der Waals surface area contributed by atoms with E-state index in [9.17, 15) is 21.6 Å². The molecule has 0 saturated carbocycles. The standard InChI is InChI=1S/C21H21F3N6O3S/c1-13(14-5-8-16(9-6-14)34(25,31)32)27-20-29-17-10-7-15(4-3-11-33-2)28-18(17)19(30-20)26-12-21(22,23)24/h5-10,13H,11-12H2,1-2H3,(H2,25,31,32)(H2,26,27,29,30). The Morgan fingerprint density at radius 1 is 1.12 bits per heavy atom. The Balaban J connectivity index is 1.94. The number of aromatic nitrogens is 3. The van der Waals surface area contributed by atoms with Crippen LogP contribution in [0, 0.1) is 11.8 Å². The van der Waals surface area contributed by atoms with E-state index in [4.69, 9.17) is 9.88 Å². The number of nitrogens with two attached hydrogens (primary N) is 1. The largest absolute Gasteiger partial charge is 0.405 e. The number of hydrogen-bond donors (Lipinski definition) is 3. The predicted molar refractivity (Wildman–Crippen MR) is 120 cm³/mol. The summed E-state index contributed by atoms with van der Waals surface area (Å²) in [6.45, 7) is 0.619. The second-order valence-corrected chi connectivity index (χ2v) is 8.71. The molecular formula is C21H21F3N6O3S. The van der Waals surface area contributed by atoms with E-state index in [1.54, 1.807) is 31.2 Å². The molecule has 9 nitrogen and oxygen atoms in total. The molecule has 0 radical (unpaired) electrons. The molecule has 0 fully saturated rings. The summed E-state index contributed by atoms with van der Waals surface area (Å²) in [4.78, 5) is 12.8. The molecule has 0 spiro atoms. The summed E-state index contributed by atoms with van der Waals surface area (Å²) in [7, 11) is -2.35. The average molecular weight is 494 g/mol. The van der Waals surface area contributed by atoms with E-state index in [2.05, 4.69) is 37.4 Å². The number of alkyl halides is 3. The number of hydrogen-bond acceptors (Lipinski definition) is 8. The van der Waals surface area contributed by atoms with Crippen LogP contribution in [0.5, 0.6) is 0 Å². The first kappa shape index (κ1) is 25.2. The van der Waals surface area contributed by atoms with Crippen molar-refractivity contribution in [2.24, 2.45) is 5.14 Å². The Morgan fingerprint density at radius 2 is 1.82 bits per heavy atom. The third kappa shape index (κ3) is 6.77. The molecule has 1 atom stereocenters. The number of methoxy groups -OCH3 is 1. The quantitative estimate of drug-likeness (QED) is 0.427. The van der Waals surface area contributed by atoms with Crippen LogP contribution < -0.4 is 15.8 Å². The van der Waals surface area contributed by atoms with Crippen LogP contribution in [0.25, 0.3) is 11.0 Å². The summed E-state index contributed by atoms with van der Waals surface area (Å²) in [5.41, 5.74) is 1.44. The number of nitrogens with one attached hydrogen (secondary N) is 2. The van der Waals surface area contributed by atoms with Crippen LogP contribution in [0.15, 0.2) is 41.3 Å². The lowest BCUT2D eigenvalue weighted by Gasteiger charge is -2.17. The van der Waals surface area contributed by atoms with Crippen molar-refractivity contribution >= 4 is 32.8 Å². The topological polar surface area (TPSA) is 132 Å². The highest BCUT2D eigenvalue weighted by Crippen LogP contribution is 2.25. The molecule has 0 bridgehead atoms. The van der Waals surface area contributed by atoms with Gasteiger partial charge in [0, 0.05) is 7.11 Å². The molecule has 3 rings (SSSR count). The summed E-state index contributed by atoms with van der Waals surface area (Å²) >= 11 is 0. The normalized spacial score (nSPS) is 12.6. The number of fused-ring (bicyclic) bond motifs is 1. The van der Waals surface area contributed by atoms with Crippen molar-refractivity contribution < 1.29 is 26.3 Å². The number of pyridine rings is 1. The van der Waals surface area contributed by atoms with Crippen LogP contribution >= 0.6 is 0 Å². The summed E-state index contributed by atoms with van der Waals surface area (Å²) in [5.74, 6) is 5.43. The van der Waals surface area contributed by atoms with Crippen LogP contribution in [-0.2, 0) is 14.8 Å². The Hall–Kier alpha value is -3.47. The Kier molecular flexibility index (Phi) is 7.55. The van der Waals surface area contributed by atoms with E-state index >= 15 is 0 Å². The Morgan fingerprint density at radius 3 is 2.44 bits per heavy atom. The first-order chi connectivity index (χ1) is 16.0. The SMILES string of the molecule is COCC#Cc1ccc2nc(NC(C)c3ccc(S(N)(=O)=O)cc3)nc(NCC(F)(F)F)c2n1. The maximum Gasteiger partial charge on any atom is 0.405 e. The smallest absolute Gasteiger partial charge is 0.372 e. The second kappa shape index (κ2) is 10.2. The van der Waals surface area contributed by atoms with Crippen LogP contribution in [0.4, 0.5) is 24.9 Å². The minimum Gasteiger partial charge on any atom is -0.372 e. The Bertz CT molecular complexity index is 1340. The number of ether oxygens (including phenoxy) is 1. The summed E-state index contributed by atoms with van der Waals surface area (Å²) in [5, 5.41) is 10.4. The summed E-state index contributed by atoms with van der Waals surface area (Å²) in [6, 6.07) is 8.60. The van der Waals surface area contributed by atoms with Crippen LogP contribution in [0.1, 0.15) is 24.2 Å². The molecule has 0 aliphatic heterocycles. The number of benzene rings is 1. The van der Waals surface area contributed by atoms with Gasteiger partial charge in [0.1, 0.15) is 24.4 Å². The molecule has 0 aliphatic carbocycles. The molecule has 0 saturated heterocycles. The minimum atomic E-state index is -4.47. The van der Waals surface area contributed by atoms with E-state index in [1.165, 1.54) is 19.2 Å². The number of halogens is 3. The van der Waals surface area contributed by atoms with Crippen molar-refractivity contribution in [1.82, 2.24) is 15.0 Å². The average Bonchev–Trinajstić information content (AvgIpc) is 2.77. The first-order valence-electron chi connectivity index (χ1n) is 9.83. The molecule has 2 heterocycles. The number of rotatable bonds is 7. The van der Waals surface area contributed by atoms with Gasteiger partial charge in [0.15, 0.2) is 5.82 Å². The van der Waals surface area contributed by atoms with Crippen molar-refractivity contribution in [3.05, 3.63) is 47.7 Å². The van der Waals surface area contributed by atoms with E-state index < -0.39 is 28.8 Å². The van der Waals surface area contributed by atoms with Gasteiger partial charge in [-0.25, -0.2) is 23.5 Å². The fourth-order valence-electron chi connectivity index (χ4n) is 2.88. The maximum absolute atomic E-state index is 12.8. The van der Waals surface area contributed by atoms with Crippen molar-refractivity contribution in [3.8, 4) is 11.8 Å². The predicted octanol–water partition coefficient (Wildman–Crippen LogP) is 2.82. The zero-order valence-electron chi connectivity index (χ0n) is 18.1. The molecule has 3 aromatic rings. The molecule has 34 heavy (non-hydrogen) atoms. The molecule has 180 valence electrons. The third-order valence-corrected chi connectivity index (χ3v) is 5.42. The lowest BCUT2D eigenvalue weighted by atomic mass is 10.1. The van der Waals surface area contributed by atoms with Crippen LogP contribution in [0.2, 0.25) is 0 Å². The number of nitrogens with zero attached hydrogens (tertiary/aromatic N) is 3. The lowest BCUT2D eigenvalue weighted by molar-refractivity contribution is -0.115. The van der Waals surface area contributed by atoms with Gasteiger partial charge < -0.3 is 15.4 Å². The van der Waals surface area contributed by atoms with Gasteiger partial charge >= 0.3 is 6.18 Å². The second-order valence-electron chi connectivity index (χ2n) is 7.14. The molecule has 2 aromatic heterocycles. The molecule has 13 heteroatoms. The monoisotopic (exact) mass is 494 g/mol. The Labute approximate surface area is 194 Å². The number of primary sulfonamides is 1.